The summed E-state index contributed by atoms with van der Waals surface area (Å²) in [5.41, 5.74) is 0.280. The fourth-order valence-electron chi connectivity index (χ4n) is 1.38. The highest BCUT2D eigenvalue weighted by atomic mass is 16.7. The molecular formula is C12H17NO4. The maximum atomic E-state index is 11.4. The number of nitrogens with one attached hydrogen (secondary N) is 1. The average Bonchev–Trinajstić information content (AvgIpc) is 2.30. The van der Waals surface area contributed by atoms with E-state index in [0.717, 1.165) is 0 Å². The van der Waals surface area contributed by atoms with Gasteiger partial charge in [-0.1, -0.05) is 0 Å². The summed E-state index contributed by atoms with van der Waals surface area (Å²) in [4.78, 5) is 22.5. The third-order valence-electron chi connectivity index (χ3n) is 2.12. The van der Waals surface area contributed by atoms with E-state index in [1.807, 2.05) is 13.8 Å². The molecule has 0 aromatic heterocycles. The molecule has 1 N–H and O–H groups in total. The van der Waals surface area contributed by atoms with Gasteiger partial charge in [-0.2, -0.15) is 0 Å². The van der Waals surface area contributed by atoms with Gasteiger partial charge in [0.15, 0.2) is 12.1 Å². The minimum atomic E-state index is -0.417. The van der Waals surface area contributed by atoms with E-state index in [-0.39, 0.29) is 17.3 Å². The van der Waals surface area contributed by atoms with Gasteiger partial charge in [0.2, 0.25) is 5.78 Å². The number of allylic oxidation sites excluding steroid dienone is 3. The number of hydrogen-bond donors (Lipinski definition) is 1. The van der Waals surface area contributed by atoms with Crippen LogP contribution in [0.15, 0.2) is 23.9 Å². The van der Waals surface area contributed by atoms with E-state index in [1.165, 1.54) is 18.2 Å². The van der Waals surface area contributed by atoms with Gasteiger partial charge in [0, 0.05) is 19.3 Å². The Labute approximate surface area is 100 Å². The standard InChI is InChI=1S/C12H17NO4/c1-3-16-12(17-4-2)8-13-10-7-9(14)5-6-11(10)15/h5-7,12-13H,3-4,8H2,1-2H3. The van der Waals surface area contributed by atoms with Gasteiger partial charge in [0.25, 0.3) is 0 Å². The molecule has 94 valence electrons. The van der Waals surface area contributed by atoms with Crippen molar-refractivity contribution in [2.45, 2.75) is 20.1 Å². The number of rotatable bonds is 7. The Bertz CT molecular complexity index is 340. The largest absolute Gasteiger partial charge is 0.377 e. The average molecular weight is 239 g/mol. The van der Waals surface area contributed by atoms with Crippen molar-refractivity contribution in [3.05, 3.63) is 23.9 Å². The molecule has 0 bridgehead atoms. The molecule has 0 saturated carbocycles. The lowest BCUT2D eigenvalue weighted by Gasteiger charge is -2.19. The van der Waals surface area contributed by atoms with Crippen molar-refractivity contribution in [1.82, 2.24) is 5.32 Å². The second kappa shape index (κ2) is 6.98. The summed E-state index contributed by atoms with van der Waals surface area (Å²) in [7, 11) is 0. The molecule has 17 heavy (non-hydrogen) atoms. The van der Waals surface area contributed by atoms with Crippen LogP contribution in [0.3, 0.4) is 0 Å². The monoisotopic (exact) mass is 239 g/mol. The van der Waals surface area contributed by atoms with Gasteiger partial charge in [-0.25, -0.2) is 0 Å². The lowest BCUT2D eigenvalue weighted by molar-refractivity contribution is -0.132. The van der Waals surface area contributed by atoms with Crippen molar-refractivity contribution in [3.63, 3.8) is 0 Å². The van der Waals surface area contributed by atoms with E-state index in [2.05, 4.69) is 5.32 Å². The molecule has 0 atom stereocenters. The van der Waals surface area contributed by atoms with E-state index in [4.69, 9.17) is 9.47 Å². The molecule has 0 spiro atoms. The molecule has 0 radical (unpaired) electrons. The van der Waals surface area contributed by atoms with Crippen molar-refractivity contribution in [2.75, 3.05) is 19.8 Å². The molecule has 5 nitrogen and oxygen atoms in total. The molecule has 0 aromatic rings. The summed E-state index contributed by atoms with van der Waals surface area (Å²) in [6.45, 7) is 5.11. The predicted molar refractivity (Wildman–Crippen MR) is 62.3 cm³/mol. The smallest absolute Gasteiger partial charge is 0.201 e. The van der Waals surface area contributed by atoms with Crippen LogP contribution in [-0.2, 0) is 19.1 Å². The molecule has 1 aliphatic rings. The molecule has 0 saturated heterocycles. The molecule has 5 heteroatoms. The maximum absolute atomic E-state index is 11.4. The molecular weight excluding hydrogens is 222 g/mol. The number of hydrogen-bond acceptors (Lipinski definition) is 5. The number of carbonyl (C=O) groups is 2. The number of ketones is 2. The Balaban J connectivity index is 2.48. The van der Waals surface area contributed by atoms with Crippen LogP contribution in [0.25, 0.3) is 0 Å². The van der Waals surface area contributed by atoms with E-state index in [1.54, 1.807) is 0 Å². The molecule has 0 amide bonds. The summed E-state index contributed by atoms with van der Waals surface area (Å²) < 4.78 is 10.6. The van der Waals surface area contributed by atoms with Crippen LogP contribution in [0.5, 0.6) is 0 Å². The minimum Gasteiger partial charge on any atom is -0.377 e. The lowest BCUT2D eigenvalue weighted by atomic mass is 10.1. The highest BCUT2D eigenvalue weighted by Gasteiger charge is 2.15. The van der Waals surface area contributed by atoms with E-state index in [0.29, 0.717) is 19.8 Å². The van der Waals surface area contributed by atoms with Gasteiger partial charge in [-0.05, 0) is 26.0 Å². The first kappa shape index (κ1) is 13.6. The molecule has 0 aromatic carbocycles. The Morgan fingerprint density at radius 1 is 1.18 bits per heavy atom. The Hall–Kier alpha value is -1.46. The number of carbonyl (C=O) groups excluding carboxylic acids is 2. The third kappa shape index (κ3) is 4.50. The van der Waals surface area contributed by atoms with Gasteiger partial charge in [-0.3, -0.25) is 9.59 Å². The zero-order chi connectivity index (χ0) is 12.7. The van der Waals surface area contributed by atoms with E-state index >= 15 is 0 Å². The fourth-order valence-corrected chi connectivity index (χ4v) is 1.38. The van der Waals surface area contributed by atoms with Gasteiger partial charge in [0.05, 0.1) is 12.2 Å². The Morgan fingerprint density at radius 3 is 2.41 bits per heavy atom. The normalized spacial score (nSPS) is 15.4. The topological polar surface area (TPSA) is 64.6 Å². The van der Waals surface area contributed by atoms with Crippen LogP contribution in [0.2, 0.25) is 0 Å². The van der Waals surface area contributed by atoms with Crippen LogP contribution >= 0.6 is 0 Å². The van der Waals surface area contributed by atoms with Crippen LogP contribution in [0, 0.1) is 0 Å². The van der Waals surface area contributed by atoms with Crippen LogP contribution in [0.4, 0.5) is 0 Å². The summed E-state index contributed by atoms with van der Waals surface area (Å²) >= 11 is 0. The predicted octanol–water partition coefficient (Wildman–Crippen LogP) is 0.567. The number of ether oxygens (including phenoxy) is 2. The summed E-state index contributed by atoms with van der Waals surface area (Å²) in [5, 5.41) is 2.86. The van der Waals surface area contributed by atoms with Crippen molar-refractivity contribution in [2.24, 2.45) is 0 Å². The first-order valence-corrected chi connectivity index (χ1v) is 5.62. The zero-order valence-electron chi connectivity index (χ0n) is 10.1. The molecule has 1 rings (SSSR count). The van der Waals surface area contributed by atoms with Gasteiger partial charge in [0.1, 0.15) is 0 Å². The first-order valence-electron chi connectivity index (χ1n) is 5.62. The molecule has 1 aliphatic carbocycles. The van der Waals surface area contributed by atoms with Crippen LogP contribution in [-0.4, -0.2) is 37.6 Å². The van der Waals surface area contributed by atoms with E-state index in [9.17, 15) is 9.59 Å². The molecule has 0 aliphatic heterocycles. The summed E-state index contributed by atoms with van der Waals surface area (Å²) in [5.74, 6) is -0.409. The van der Waals surface area contributed by atoms with Crippen molar-refractivity contribution in [1.29, 1.82) is 0 Å². The third-order valence-corrected chi connectivity index (χ3v) is 2.12. The maximum Gasteiger partial charge on any atom is 0.201 e. The van der Waals surface area contributed by atoms with Crippen molar-refractivity contribution in [3.8, 4) is 0 Å². The van der Waals surface area contributed by atoms with Crippen molar-refractivity contribution < 1.29 is 19.1 Å². The molecule has 0 fully saturated rings. The highest BCUT2D eigenvalue weighted by molar-refractivity contribution is 6.16. The van der Waals surface area contributed by atoms with E-state index < -0.39 is 6.29 Å². The minimum absolute atomic E-state index is 0.198. The Morgan fingerprint density at radius 2 is 1.82 bits per heavy atom. The van der Waals surface area contributed by atoms with Crippen LogP contribution < -0.4 is 5.32 Å². The van der Waals surface area contributed by atoms with Crippen LogP contribution in [0.1, 0.15) is 13.8 Å². The van der Waals surface area contributed by atoms with Gasteiger partial charge in [-0.15, -0.1) is 0 Å². The highest BCUT2D eigenvalue weighted by Crippen LogP contribution is 2.03. The lowest BCUT2D eigenvalue weighted by Crippen LogP contribution is -2.34. The Kier molecular flexibility index (Phi) is 5.59. The first-order chi connectivity index (χ1) is 8.17. The van der Waals surface area contributed by atoms with Gasteiger partial charge < -0.3 is 14.8 Å². The quantitative estimate of drug-likeness (QED) is 0.519. The fraction of sp³-hybridized carbons (Fsp3) is 0.500. The molecule has 0 heterocycles. The SMILES string of the molecule is CCOC(CNC1=CC(=O)C=CC1=O)OCC. The summed E-state index contributed by atoms with van der Waals surface area (Å²) in [6.07, 6.45) is 3.36. The second-order valence-electron chi connectivity index (χ2n) is 3.38. The second-order valence-corrected chi connectivity index (χ2v) is 3.38. The zero-order valence-corrected chi connectivity index (χ0v) is 10.1. The van der Waals surface area contributed by atoms with Gasteiger partial charge >= 0.3 is 0 Å². The molecule has 0 unspecified atom stereocenters. The van der Waals surface area contributed by atoms with Crippen molar-refractivity contribution >= 4 is 11.6 Å². The summed E-state index contributed by atoms with van der Waals surface area (Å²) in [6, 6.07) is 0.